The van der Waals surface area contributed by atoms with Crippen LogP contribution in [0, 0.1) is 0 Å². The lowest BCUT2D eigenvalue weighted by molar-refractivity contribution is 0.270. The number of aromatic amines is 1. The van der Waals surface area contributed by atoms with E-state index in [4.69, 9.17) is 10.5 Å². The molecule has 120 valence electrons. The number of hydrogen-bond acceptors (Lipinski definition) is 4. The van der Waals surface area contributed by atoms with Crippen molar-refractivity contribution < 1.29 is 4.74 Å². The second-order valence-electron chi connectivity index (χ2n) is 5.32. The molecule has 0 radical (unpaired) electrons. The molecule has 23 heavy (non-hydrogen) atoms. The minimum absolute atomic E-state index is 0.107. The molecular weight excluding hydrogens is 374 g/mol. The molecule has 0 fully saturated rings. The Bertz CT molecular complexity index is 715. The molecule has 0 saturated carbocycles. The summed E-state index contributed by atoms with van der Waals surface area (Å²) in [5.41, 5.74) is 7.53. The first-order chi connectivity index (χ1) is 11.2. The van der Waals surface area contributed by atoms with Gasteiger partial charge in [-0.25, -0.2) is 4.98 Å². The zero-order valence-corrected chi connectivity index (χ0v) is 14.9. The van der Waals surface area contributed by atoms with Crippen LogP contribution in [0.2, 0.25) is 0 Å². The molecule has 2 atom stereocenters. The molecule has 3 aromatic rings. The standard InChI is InChI=1S/C17H18BrN3OS/c18-17-7-6-16(23-17)14(8-12-9-20-11-21-12)15(19)10-22-13-4-2-1-3-5-13/h1-7,9,11,14-15H,8,10,19H2,(H,20,21). The van der Waals surface area contributed by atoms with Crippen LogP contribution in [0.5, 0.6) is 5.75 Å². The Kier molecular flexibility index (Phi) is 5.48. The van der Waals surface area contributed by atoms with Crippen molar-refractivity contribution in [1.29, 1.82) is 0 Å². The first kappa shape index (κ1) is 16.2. The Morgan fingerprint density at radius 2 is 2.04 bits per heavy atom. The average Bonchev–Trinajstić information content (AvgIpc) is 3.23. The maximum Gasteiger partial charge on any atom is 0.119 e. The van der Waals surface area contributed by atoms with Crippen LogP contribution in [-0.4, -0.2) is 22.6 Å². The summed E-state index contributed by atoms with van der Waals surface area (Å²) in [5, 5.41) is 0. The summed E-state index contributed by atoms with van der Waals surface area (Å²) in [6.45, 7) is 0.471. The summed E-state index contributed by atoms with van der Waals surface area (Å²) in [5.74, 6) is 1.02. The van der Waals surface area contributed by atoms with E-state index in [1.165, 1.54) is 4.88 Å². The molecule has 2 unspecified atom stereocenters. The summed E-state index contributed by atoms with van der Waals surface area (Å²) < 4.78 is 6.95. The Balaban J connectivity index is 1.71. The molecule has 0 saturated heterocycles. The predicted molar refractivity (Wildman–Crippen MR) is 97.0 cm³/mol. The SMILES string of the molecule is NC(COc1ccccc1)C(Cc1cnc[nH]1)c1ccc(Br)s1. The fraction of sp³-hybridized carbons (Fsp3) is 0.235. The van der Waals surface area contributed by atoms with Gasteiger partial charge >= 0.3 is 0 Å². The van der Waals surface area contributed by atoms with Gasteiger partial charge in [-0.3, -0.25) is 0 Å². The number of benzene rings is 1. The van der Waals surface area contributed by atoms with Gasteiger partial charge in [-0.1, -0.05) is 18.2 Å². The molecular formula is C17H18BrN3OS. The first-order valence-corrected chi connectivity index (χ1v) is 8.99. The molecule has 0 bridgehead atoms. The number of H-pyrrole nitrogens is 1. The van der Waals surface area contributed by atoms with Gasteiger partial charge in [0.15, 0.2) is 0 Å². The quantitative estimate of drug-likeness (QED) is 0.640. The number of thiophene rings is 1. The van der Waals surface area contributed by atoms with Crippen LogP contribution < -0.4 is 10.5 Å². The monoisotopic (exact) mass is 391 g/mol. The van der Waals surface area contributed by atoms with Crippen molar-refractivity contribution in [3.05, 3.63) is 69.3 Å². The van der Waals surface area contributed by atoms with Crippen LogP contribution >= 0.6 is 27.3 Å². The number of aromatic nitrogens is 2. The number of nitrogens with zero attached hydrogens (tertiary/aromatic N) is 1. The first-order valence-electron chi connectivity index (χ1n) is 7.38. The van der Waals surface area contributed by atoms with E-state index in [0.29, 0.717) is 6.61 Å². The highest BCUT2D eigenvalue weighted by molar-refractivity contribution is 9.11. The normalized spacial score (nSPS) is 13.7. The number of nitrogens with one attached hydrogen (secondary N) is 1. The lowest BCUT2D eigenvalue weighted by atomic mass is 9.94. The zero-order valence-electron chi connectivity index (χ0n) is 12.5. The van der Waals surface area contributed by atoms with E-state index in [-0.39, 0.29) is 12.0 Å². The fourth-order valence-corrected chi connectivity index (χ4v) is 4.05. The molecule has 0 aliphatic carbocycles. The second-order valence-corrected chi connectivity index (χ2v) is 7.81. The van der Waals surface area contributed by atoms with E-state index in [1.807, 2.05) is 36.5 Å². The molecule has 1 aromatic carbocycles. The Morgan fingerprint density at radius 3 is 2.70 bits per heavy atom. The number of ether oxygens (including phenoxy) is 1. The summed E-state index contributed by atoms with van der Waals surface area (Å²) in [4.78, 5) is 8.50. The van der Waals surface area contributed by atoms with Crippen molar-refractivity contribution in [3.8, 4) is 5.75 Å². The smallest absolute Gasteiger partial charge is 0.119 e. The maximum atomic E-state index is 6.46. The van der Waals surface area contributed by atoms with Crippen LogP contribution in [0.15, 0.2) is 58.8 Å². The fourth-order valence-electron chi connectivity index (χ4n) is 2.45. The molecule has 2 aromatic heterocycles. The highest BCUT2D eigenvalue weighted by atomic mass is 79.9. The molecule has 2 heterocycles. The van der Waals surface area contributed by atoms with Gasteiger partial charge in [0.1, 0.15) is 12.4 Å². The van der Waals surface area contributed by atoms with Crippen molar-refractivity contribution in [3.63, 3.8) is 0 Å². The van der Waals surface area contributed by atoms with E-state index >= 15 is 0 Å². The molecule has 0 aliphatic heterocycles. The Labute approximate surface area is 147 Å². The van der Waals surface area contributed by atoms with Crippen molar-refractivity contribution in [2.24, 2.45) is 5.73 Å². The highest BCUT2D eigenvalue weighted by Crippen LogP contribution is 2.32. The van der Waals surface area contributed by atoms with Gasteiger partial charge in [0.2, 0.25) is 0 Å². The topological polar surface area (TPSA) is 63.9 Å². The number of halogens is 1. The number of hydrogen-bond donors (Lipinski definition) is 2. The van der Waals surface area contributed by atoms with Gasteiger partial charge in [0, 0.05) is 28.7 Å². The summed E-state index contributed by atoms with van der Waals surface area (Å²) >= 11 is 5.24. The van der Waals surface area contributed by atoms with Crippen LogP contribution in [0.3, 0.4) is 0 Å². The van der Waals surface area contributed by atoms with E-state index in [2.05, 4.69) is 38.0 Å². The van der Waals surface area contributed by atoms with Gasteiger partial charge < -0.3 is 15.5 Å². The number of para-hydroxylation sites is 1. The maximum absolute atomic E-state index is 6.46. The van der Waals surface area contributed by atoms with Gasteiger partial charge in [-0.2, -0.15) is 0 Å². The van der Waals surface area contributed by atoms with Crippen LogP contribution in [0.4, 0.5) is 0 Å². The lowest BCUT2D eigenvalue weighted by Crippen LogP contribution is -2.35. The minimum Gasteiger partial charge on any atom is -0.492 e. The minimum atomic E-state index is -0.107. The second kappa shape index (κ2) is 7.77. The van der Waals surface area contributed by atoms with Crippen molar-refractivity contribution in [2.75, 3.05) is 6.61 Å². The highest BCUT2D eigenvalue weighted by Gasteiger charge is 2.23. The molecule has 3 N–H and O–H groups in total. The van der Waals surface area contributed by atoms with Crippen molar-refractivity contribution in [2.45, 2.75) is 18.4 Å². The number of nitrogens with two attached hydrogens (primary N) is 1. The largest absolute Gasteiger partial charge is 0.492 e. The summed E-state index contributed by atoms with van der Waals surface area (Å²) in [6.07, 6.45) is 4.36. The summed E-state index contributed by atoms with van der Waals surface area (Å²) in [7, 11) is 0. The van der Waals surface area contributed by atoms with Crippen molar-refractivity contribution >= 4 is 27.3 Å². The molecule has 4 nitrogen and oxygen atoms in total. The third kappa shape index (κ3) is 4.43. The average molecular weight is 392 g/mol. The Morgan fingerprint density at radius 1 is 1.22 bits per heavy atom. The third-order valence-corrected chi connectivity index (χ3v) is 5.41. The summed E-state index contributed by atoms with van der Waals surface area (Å²) in [6, 6.07) is 13.8. The van der Waals surface area contributed by atoms with Crippen LogP contribution in [0.1, 0.15) is 16.5 Å². The van der Waals surface area contributed by atoms with Crippen LogP contribution in [-0.2, 0) is 6.42 Å². The Hall–Kier alpha value is -1.63. The number of imidazole rings is 1. The van der Waals surface area contributed by atoms with E-state index in [0.717, 1.165) is 21.7 Å². The lowest BCUT2D eigenvalue weighted by Gasteiger charge is -2.23. The van der Waals surface area contributed by atoms with Gasteiger partial charge in [-0.05, 0) is 46.6 Å². The molecule has 0 aliphatic rings. The van der Waals surface area contributed by atoms with Crippen LogP contribution in [0.25, 0.3) is 0 Å². The van der Waals surface area contributed by atoms with Crippen molar-refractivity contribution in [1.82, 2.24) is 9.97 Å². The van der Waals surface area contributed by atoms with E-state index in [1.54, 1.807) is 17.7 Å². The molecule has 0 amide bonds. The molecule has 3 rings (SSSR count). The predicted octanol–water partition coefficient (Wildman–Crippen LogP) is 3.97. The number of rotatable bonds is 7. The zero-order chi connectivity index (χ0) is 16.1. The third-order valence-electron chi connectivity index (χ3n) is 3.66. The van der Waals surface area contributed by atoms with E-state index in [9.17, 15) is 0 Å². The van der Waals surface area contributed by atoms with E-state index < -0.39 is 0 Å². The van der Waals surface area contributed by atoms with Gasteiger partial charge in [0.25, 0.3) is 0 Å². The van der Waals surface area contributed by atoms with Gasteiger partial charge in [0.05, 0.1) is 10.1 Å². The van der Waals surface area contributed by atoms with Gasteiger partial charge in [-0.15, -0.1) is 11.3 Å². The molecule has 6 heteroatoms. The molecule has 0 spiro atoms.